The van der Waals surface area contributed by atoms with Gasteiger partial charge in [0.1, 0.15) is 5.82 Å². The van der Waals surface area contributed by atoms with E-state index in [1.807, 2.05) is 42.5 Å². The number of hydrogen-bond acceptors (Lipinski definition) is 3. The molecule has 0 aliphatic carbocycles. The van der Waals surface area contributed by atoms with E-state index >= 15 is 0 Å². The van der Waals surface area contributed by atoms with Crippen LogP contribution in [0, 0.1) is 5.82 Å². The highest BCUT2D eigenvalue weighted by Gasteiger charge is 2.15. The van der Waals surface area contributed by atoms with E-state index < -0.39 is 11.8 Å². The Morgan fingerprint density at radius 2 is 1.48 bits per heavy atom. The summed E-state index contributed by atoms with van der Waals surface area (Å²) in [4.78, 5) is 26.1. The molecule has 3 rings (SSSR count). The highest BCUT2D eigenvalue weighted by Crippen LogP contribution is 2.33. The maximum atomic E-state index is 12.9. The normalized spacial score (nSPS) is 10.3. The van der Waals surface area contributed by atoms with Crippen LogP contribution in [0.2, 0.25) is 0 Å². The lowest BCUT2D eigenvalue weighted by molar-refractivity contribution is -0.136. The third-order valence-electron chi connectivity index (χ3n) is 3.68. The molecule has 2 N–H and O–H groups in total. The van der Waals surface area contributed by atoms with E-state index in [9.17, 15) is 14.0 Å². The van der Waals surface area contributed by atoms with Crippen molar-refractivity contribution in [3.8, 4) is 0 Å². The summed E-state index contributed by atoms with van der Waals surface area (Å²) in [6.07, 6.45) is 0. The molecule has 0 spiro atoms. The number of carbonyl (C=O) groups excluding carboxylic acids is 2. The Kier molecular flexibility index (Phi) is 6.22. The molecule has 2 amide bonds. The van der Waals surface area contributed by atoms with Gasteiger partial charge in [-0.05, 0) is 42.0 Å². The number of halogens is 1. The molecular formula is C21H17FN2O2S. The number of amides is 2. The van der Waals surface area contributed by atoms with E-state index in [2.05, 4.69) is 10.6 Å². The summed E-state index contributed by atoms with van der Waals surface area (Å²) in [7, 11) is 0. The first kappa shape index (κ1) is 18.7. The van der Waals surface area contributed by atoms with Gasteiger partial charge in [-0.25, -0.2) is 4.39 Å². The van der Waals surface area contributed by atoms with Gasteiger partial charge in [0.2, 0.25) is 0 Å². The van der Waals surface area contributed by atoms with Gasteiger partial charge >= 0.3 is 11.8 Å². The Morgan fingerprint density at radius 3 is 2.22 bits per heavy atom. The van der Waals surface area contributed by atoms with Crippen molar-refractivity contribution in [3.63, 3.8) is 0 Å². The van der Waals surface area contributed by atoms with E-state index in [0.717, 1.165) is 9.79 Å². The zero-order valence-corrected chi connectivity index (χ0v) is 15.1. The van der Waals surface area contributed by atoms with E-state index in [-0.39, 0.29) is 12.4 Å². The van der Waals surface area contributed by atoms with Gasteiger partial charge in [-0.2, -0.15) is 0 Å². The fourth-order valence-corrected chi connectivity index (χ4v) is 3.24. The largest absolute Gasteiger partial charge is 0.344 e. The topological polar surface area (TPSA) is 58.2 Å². The molecule has 3 aromatic carbocycles. The van der Waals surface area contributed by atoms with E-state index in [0.29, 0.717) is 11.3 Å². The number of rotatable bonds is 5. The Labute approximate surface area is 160 Å². The van der Waals surface area contributed by atoms with Gasteiger partial charge in [0.25, 0.3) is 0 Å². The zero-order valence-electron chi connectivity index (χ0n) is 14.3. The lowest BCUT2D eigenvalue weighted by atomic mass is 10.2. The van der Waals surface area contributed by atoms with Gasteiger partial charge in [0.05, 0.1) is 5.69 Å². The molecule has 0 radical (unpaired) electrons. The van der Waals surface area contributed by atoms with Crippen LogP contribution < -0.4 is 10.6 Å². The summed E-state index contributed by atoms with van der Waals surface area (Å²) in [5, 5.41) is 5.17. The summed E-state index contributed by atoms with van der Waals surface area (Å²) in [5.74, 6) is -1.85. The smallest absolute Gasteiger partial charge is 0.313 e. The summed E-state index contributed by atoms with van der Waals surface area (Å²) < 4.78 is 12.9. The first-order chi connectivity index (χ1) is 13.1. The molecule has 0 aliphatic heterocycles. The third-order valence-corrected chi connectivity index (χ3v) is 4.76. The van der Waals surface area contributed by atoms with Gasteiger partial charge in [-0.1, -0.05) is 54.2 Å². The molecule has 27 heavy (non-hydrogen) atoms. The summed E-state index contributed by atoms with van der Waals surface area (Å²) in [6.45, 7) is 0.146. The molecule has 136 valence electrons. The van der Waals surface area contributed by atoms with Gasteiger partial charge in [-0.3, -0.25) is 9.59 Å². The molecule has 0 bridgehead atoms. The minimum atomic E-state index is -0.752. The van der Waals surface area contributed by atoms with E-state index in [1.165, 1.54) is 23.9 Å². The molecule has 6 heteroatoms. The van der Waals surface area contributed by atoms with Crippen LogP contribution in [-0.4, -0.2) is 11.8 Å². The highest BCUT2D eigenvalue weighted by atomic mass is 32.2. The molecular weight excluding hydrogens is 363 g/mol. The Balaban J connectivity index is 1.61. The lowest BCUT2D eigenvalue weighted by Gasteiger charge is -2.11. The molecule has 0 fully saturated rings. The molecule has 0 saturated heterocycles. The zero-order chi connectivity index (χ0) is 19.1. The van der Waals surface area contributed by atoms with E-state index in [1.54, 1.807) is 24.3 Å². The van der Waals surface area contributed by atoms with Crippen molar-refractivity contribution in [2.75, 3.05) is 5.32 Å². The number of hydrogen-bond donors (Lipinski definition) is 2. The Bertz CT molecular complexity index is 930. The van der Waals surface area contributed by atoms with Crippen LogP contribution in [0.3, 0.4) is 0 Å². The minimum absolute atomic E-state index is 0.146. The van der Waals surface area contributed by atoms with Crippen LogP contribution in [-0.2, 0) is 16.1 Å². The number of carbonyl (C=O) groups is 2. The predicted molar refractivity (Wildman–Crippen MR) is 104 cm³/mol. The summed E-state index contributed by atoms with van der Waals surface area (Å²) in [5.41, 5.74) is 1.27. The van der Waals surface area contributed by atoms with Crippen LogP contribution in [0.15, 0.2) is 88.7 Å². The summed E-state index contributed by atoms with van der Waals surface area (Å²) >= 11 is 1.50. The van der Waals surface area contributed by atoms with E-state index in [4.69, 9.17) is 0 Å². The van der Waals surface area contributed by atoms with Gasteiger partial charge < -0.3 is 10.6 Å². The van der Waals surface area contributed by atoms with Gasteiger partial charge in [0.15, 0.2) is 0 Å². The Hall–Kier alpha value is -3.12. The molecule has 0 aromatic heterocycles. The maximum Gasteiger partial charge on any atom is 0.313 e. The average molecular weight is 380 g/mol. The van der Waals surface area contributed by atoms with Gasteiger partial charge in [-0.15, -0.1) is 0 Å². The first-order valence-corrected chi connectivity index (χ1v) is 9.09. The number of benzene rings is 3. The van der Waals surface area contributed by atoms with Crippen LogP contribution in [0.4, 0.5) is 10.1 Å². The second kappa shape index (κ2) is 9.00. The third kappa shape index (κ3) is 5.43. The minimum Gasteiger partial charge on any atom is -0.344 e. The highest BCUT2D eigenvalue weighted by molar-refractivity contribution is 7.99. The van der Waals surface area contributed by atoms with Crippen molar-refractivity contribution in [1.82, 2.24) is 5.32 Å². The van der Waals surface area contributed by atoms with Crippen molar-refractivity contribution in [2.24, 2.45) is 0 Å². The van der Waals surface area contributed by atoms with Crippen molar-refractivity contribution in [1.29, 1.82) is 0 Å². The number of anilines is 1. The molecule has 3 aromatic rings. The van der Waals surface area contributed by atoms with Crippen molar-refractivity contribution >= 4 is 29.3 Å². The number of para-hydroxylation sites is 1. The van der Waals surface area contributed by atoms with Crippen LogP contribution in [0.25, 0.3) is 0 Å². The SMILES string of the molecule is O=C(NCc1ccc(F)cc1)C(=O)Nc1ccccc1Sc1ccccc1. The number of nitrogens with one attached hydrogen (secondary N) is 2. The second-order valence-corrected chi connectivity index (χ2v) is 6.79. The van der Waals surface area contributed by atoms with Crippen molar-refractivity contribution in [3.05, 3.63) is 90.2 Å². The molecule has 0 saturated carbocycles. The lowest BCUT2D eigenvalue weighted by Crippen LogP contribution is -2.35. The molecule has 0 unspecified atom stereocenters. The average Bonchev–Trinajstić information content (AvgIpc) is 2.69. The fraction of sp³-hybridized carbons (Fsp3) is 0.0476. The quantitative estimate of drug-likeness (QED) is 0.651. The Morgan fingerprint density at radius 1 is 0.815 bits per heavy atom. The fourth-order valence-electron chi connectivity index (χ4n) is 2.32. The van der Waals surface area contributed by atoms with Gasteiger partial charge in [0, 0.05) is 16.3 Å². The predicted octanol–water partition coefficient (Wildman–Crippen LogP) is 4.23. The second-order valence-electron chi connectivity index (χ2n) is 5.67. The van der Waals surface area contributed by atoms with Crippen molar-refractivity contribution in [2.45, 2.75) is 16.3 Å². The monoisotopic (exact) mass is 380 g/mol. The maximum absolute atomic E-state index is 12.9. The van der Waals surface area contributed by atoms with Crippen molar-refractivity contribution < 1.29 is 14.0 Å². The summed E-state index contributed by atoms with van der Waals surface area (Å²) in [6, 6.07) is 22.8. The van der Waals surface area contributed by atoms with Crippen LogP contribution in [0.1, 0.15) is 5.56 Å². The molecule has 0 aliphatic rings. The van der Waals surface area contributed by atoms with Crippen LogP contribution >= 0.6 is 11.8 Å². The molecule has 0 heterocycles. The van der Waals surface area contributed by atoms with Crippen LogP contribution in [0.5, 0.6) is 0 Å². The standard InChI is InChI=1S/C21H17FN2O2S/c22-16-12-10-15(11-13-16)14-23-20(25)21(26)24-18-8-4-5-9-19(18)27-17-6-2-1-3-7-17/h1-13H,14H2,(H,23,25)(H,24,26). The molecule has 0 atom stereocenters. The molecule has 4 nitrogen and oxygen atoms in total. The first-order valence-electron chi connectivity index (χ1n) is 8.27.